The summed E-state index contributed by atoms with van der Waals surface area (Å²) in [7, 11) is 0. The number of rotatable bonds is 12. The van der Waals surface area contributed by atoms with Crippen LogP contribution in [0.3, 0.4) is 0 Å². The number of ketones is 1. The summed E-state index contributed by atoms with van der Waals surface area (Å²) in [5.41, 5.74) is 10.2. The van der Waals surface area contributed by atoms with Crippen LogP contribution in [-0.4, -0.2) is 66.1 Å². The first kappa shape index (κ1) is 28.6. The number of nitrogens with one attached hydrogen (secondary N) is 2. The van der Waals surface area contributed by atoms with Crippen LogP contribution >= 0.6 is 11.8 Å². The Hall–Kier alpha value is -3.38. The highest BCUT2D eigenvalue weighted by molar-refractivity contribution is 7.98. The van der Waals surface area contributed by atoms with Gasteiger partial charge in [0, 0.05) is 53.7 Å². The Morgan fingerprint density at radius 3 is 2.64 bits per heavy atom. The number of aryl methyl sites for hydroxylation is 2. The number of carbonyl (C=O) groups excluding carboxylic acids is 3. The maximum atomic E-state index is 12.7. The van der Waals surface area contributed by atoms with Gasteiger partial charge in [-0.05, 0) is 56.2 Å². The summed E-state index contributed by atoms with van der Waals surface area (Å²) in [6.45, 7) is 2.77. The fourth-order valence-corrected chi connectivity index (χ4v) is 6.21. The van der Waals surface area contributed by atoms with E-state index in [1.54, 1.807) is 0 Å². The summed E-state index contributed by atoms with van der Waals surface area (Å²) in [5, 5.41) is 14.7. The Morgan fingerprint density at radius 2 is 1.92 bits per heavy atom. The molecule has 2 aliphatic heterocycles. The normalized spacial score (nSPS) is 15.8. The lowest BCUT2D eigenvalue weighted by atomic mass is 9.89. The number of anilines is 1. The van der Waals surface area contributed by atoms with Gasteiger partial charge in [-0.1, -0.05) is 0 Å². The van der Waals surface area contributed by atoms with E-state index in [1.807, 2.05) is 0 Å². The molecule has 11 nitrogen and oxygen atoms in total. The van der Waals surface area contributed by atoms with Crippen molar-refractivity contribution in [2.75, 3.05) is 30.3 Å². The molecule has 1 aromatic carbocycles. The molecule has 0 bridgehead atoms. The molecular formula is C27H34N4O7S. The largest absolute Gasteiger partial charge is 0.480 e. The van der Waals surface area contributed by atoms with Crippen molar-refractivity contribution in [1.29, 1.82) is 0 Å². The zero-order chi connectivity index (χ0) is 28.1. The van der Waals surface area contributed by atoms with E-state index in [0.717, 1.165) is 55.3 Å². The number of carboxylic acids is 1. The van der Waals surface area contributed by atoms with Crippen LogP contribution in [-0.2, 0) is 37.8 Å². The summed E-state index contributed by atoms with van der Waals surface area (Å²) >= 11 is 1.34. The highest BCUT2D eigenvalue weighted by Crippen LogP contribution is 2.40. The van der Waals surface area contributed by atoms with Crippen LogP contribution < -0.4 is 26.9 Å². The van der Waals surface area contributed by atoms with Crippen LogP contribution in [0, 0.1) is 0 Å². The topological polar surface area (TPSA) is 172 Å². The highest BCUT2D eigenvalue weighted by atomic mass is 32.2. The first-order valence-corrected chi connectivity index (χ1v) is 14.3. The Balaban J connectivity index is 1.50. The number of carbonyl (C=O) groups is 4. The average Bonchev–Trinajstić information content (AvgIpc) is 2.90. The molecule has 0 spiro atoms. The summed E-state index contributed by atoms with van der Waals surface area (Å²) in [5.74, 6) is -2.02. The first-order valence-electron chi connectivity index (χ1n) is 13.1. The van der Waals surface area contributed by atoms with E-state index < -0.39 is 42.0 Å². The summed E-state index contributed by atoms with van der Waals surface area (Å²) in [6.07, 6.45) is 3.96. The predicted molar refractivity (Wildman–Crippen MR) is 148 cm³/mol. The molecular weight excluding hydrogens is 524 g/mol. The second-order valence-corrected chi connectivity index (χ2v) is 11.1. The number of nitrogens with zero attached hydrogens (tertiary/aromatic N) is 1. The van der Waals surface area contributed by atoms with Crippen molar-refractivity contribution in [3.63, 3.8) is 0 Å². The van der Waals surface area contributed by atoms with Gasteiger partial charge in [-0.2, -0.15) is 11.8 Å². The van der Waals surface area contributed by atoms with Gasteiger partial charge in [0.2, 0.25) is 11.8 Å². The number of fused-ring (bicyclic) bond motifs is 2. The Labute approximate surface area is 229 Å². The smallest absolute Gasteiger partial charge is 0.336 e. The zero-order valence-electron chi connectivity index (χ0n) is 21.9. The van der Waals surface area contributed by atoms with Gasteiger partial charge in [0.05, 0.1) is 6.04 Å². The SMILES string of the molecule is CC(=O)[C@H](N)CCC(=O)N[C@H](CSCc1cc(=O)oc2c3c4c(cc12)CCCN4CCC3)C(=O)NCC(=O)O. The van der Waals surface area contributed by atoms with Crippen molar-refractivity contribution in [3.8, 4) is 0 Å². The molecule has 12 heteroatoms. The Morgan fingerprint density at radius 1 is 1.18 bits per heavy atom. The number of nitrogens with two attached hydrogens (primary N) is 1. The van der Waals surface area contributed by atoms with Gasteiger partial charge >= 0.3 is 11.6 Å². The minimum atomic E-state index is -1.21. The van der Waals surface area contributed by atoms with Crippen molar-refractivity contribution in [2.24, 2.45) is 5.73 Å². The predicted octanol–water partition coefficient (Wildman–Crippen LogP) is 1.11. The number of amides is 2. The number of carboxylic acid groups (broad SMARTS) is 1. The molecule has 4 rings (SSSR count). The number of thioether (sulfide) groups is 1. The molecule has 2 amide bonds. The van der Waals surface area contributed by atoms with Crippen molar-refractivity contribution < 1.29 is 28.7 Å². The van der Waals surface area contributed by atoms with E-state index in [0.29, 0.717) is 11.3 Å². The second kappa shape index (κ2) is 12.6. The number of Topliss-reactive ketones (excluding diaryl/α,β-unsaturated/α-hetero) is 1. The van der Waals surface area contributed by atoms with E-state index in [-0.39, 0.29) is 24.4 Å². The summed E-state index contributed by atoms with van der Waals surface area (Å²) in [4.78, 5) is 62.3. The van der Waals surface area contributed by atoms with Crippen LogP contribution in [0.15, 0.2) is 21.3 Å². The van der Waals surface area contributed by atoms with Crippen LogP contribution in [0.1, 0.15) is 49.3 Å². The van der Waals surface area contributed by atoms with E-state index in [9.17, 15) is 24.0 Å². The monoisotopic (exact) mass is 558 g/mol. The molecule has 3 heterocycles. The molecule has 0 saturated heterocycles. The summed E-state index contributed by atoms with van der Waals surface area (Å²) < 4.78 is 5.71. The fourth-order valence-electron chi connectivity index (χ4n) is 5.17. The minimum Gasteiger partial charge on any atom is -0.480 e. The van der Waals surface area contributed by atoms with Crippen molar-refractivity contribution in [3.05, 3.63) is 39.2 Å². The lowest BCUT2D eigenvalue weighted by Gasteiger charge is -2.37. The van der Waals surface area contributed by atoms with E-state index in [1.165, 1.54) is 36.0 Å². The van der Waals surface area contributed by atoms with Crippen LogP contribution in [0.2, 0.25) is 0 Å². The fraction of sp³-hybridized carbons (Fsp3) is 0.519. The molecule has 210 valence electrons. The van der Waals surface area contributed by atoms with E-state index in [2.05, 4.69) is 21.6 Å². The summed E-state index contributed by atoms with van der Waals surface area (Å²) in [6, 6.07) is 1.80. The lowest BCUT2D eigenvalue weighted by Crippen LogP contribution is -2.49. The average molecular weight is 559 g/mol. The molecule has 0 radical (unpaired) electrons. The molecule has 1 aromatic heterocycles. The molecule has 39 heavy (non-hydrogen) atoms. The lowest BCUT2D eigenvalue weighted by molar-refractivity contribution is -0.138. The third-order valence-electron chi connectivity index (χ3n) is 7.13. The molecule has 5 N–H and O–H groups in total. The number of aliphatic carboxylic acids is 1. The standard InChI is InChI=1S/C27H34N4O7S/c1-15(32)20(28)6-7-22(33)30-21(27(37)29-12-23(34)35)14-39-13-17-11-24(36)38-26-18-5-3-9-31-8-2-4-16(25(18)31)10-19(17)26/h10-11,20-21H,2-9,12-14,28H2,1H3,(H,29,37)(H,30,33)(H,34,35)/t20-,21-/m1/s1. The highest BCUT2D eigenvalue weighted by Gasteiger charge is 2.28. The van der Waals surface area contributed by atoms with Gasteiger partial charge in [0.1, 0.15) is 24.0 Å². The second-order valence-electron chi connectivity index (χ2n) is 10.0. The van der Waals surface area contributed by atoms with Crippen molar-refractivity contribution in [1.82, 2.24) is 10.6 Å². The van der Waals surface area contributed by atoms with Gasteiger partial charge < -0.3 is 30.8 Å². The maximum Gasteiger partial charge on any atom is 0.336 e. The maximum absolute atomic E-state index is 12.7. The van der Waals surface area contributed by atoms with Crippen molar-refractivity contribution in [2.45, 2.75) is 63.3 Å². The van der Waals surface area contributed by atoms with E-state index in [4.69, 9.17) is 15.3 Å². The minimum absolute atomic E-state index is 0.0522. The first-order chi connectivity index (χ1) is 18.6. The Kier molecular flexibility index (Phi) is 9.28. The molecule has 0 aliphatic carbocycles. The third-order valence-corrected chi connectivity index (χ3v) is 8.21. The number of hydrogen-bond acceptors (Lipinski definition) is 9. The van der Waals surface area contributed by atoms with E-state index >= 15 is 0 Å². The number of benzene rings is 1. The van der Waals surface area contributed by atoms with Crippen LogP contribution in [0.25, 0.3) is 11.0 Å². The molecule has 0 unspecified atom stereocenters. The van der Waals surface area contributed by atoms with Crippen LogP contribution in [0.4, 0.5) is 5.69 Å². The van der Waals surface area contributed by atoms with Gasteiger partial charge in [0.25, 0.3) is 0 Å². The Bertz CT molecular complexity index is 1340. The molecule has 0 fully saturated rings. The number of hydrogen-bond donors (Lipinski definition) is 4. The van der Waals surface area contributed by atoms with Gasteiger partial charge in [0.15, 0.2) is 0 Å². The molecule has 2 aliphatic rings. The van der Waals surface area contributed by atoms with Crippen molar-refractivity contribution >= 4 is 52.0 Å². The zero-order valence-corrected chi connectivity index (χ0v) is 22.7. The third kappa shape index (κ3) is 6.99. The van der Waals surface area contributed by atoms with Gasteiger partial charge in [-0.25, -0.2) is 4.79 Å². The quantitative estimate of drug-likeness (QED) is 0.277. The van der Waals surface area contributed by atoms with Crippen LogP contribution in [0.5, 0.6) is 0 Å². The van der Waals surface area contributed by atoms with Gasteiger partial charge in [-0.15, -0.1) is 0 Å². The molecule has 0 saturated carbocycles. The van der Waals surface area contributed by atoms with Gasteiger partial charge in [-0.3, -0.25) is 19.2 Å². The molecule has 2 atom stereocenters. The molecule has 2 aromatic rings.